The minimum atomic E-state index is -0.852. The average Bonchev–Trinajstić information content (AvgIpc) is 3.26. The van der Waals surface area contributed by atoms with Crippen molar-refractivity contribution in [3.8, 4) is 0 Å². The number of hydrogen-bond acceptors (Lipinski definition) is 6. The van der Waals surface area contributed by atoms with Crippen LogP contribution in [0.2, 0.25) is 0 Å². The molecule has 1 unspecified atom stereocenters. The van der Waals surface area contributed by atoms with Crippen molar-refractivity contribution in [3.05, 3.63) is 158 Å². The maximum atomic E-state index is 12.7. The second kappa shape index (κ2) is 47.7. The van der Waals surface area contributed by atoms with E-state index in [0.717, 1.165) is 89.9 Å². The number of esters is 3. The van der Waals surface area contributed by atoms with Crippen LogP contribution in [-0.2, 0) is 28.6 Å². The summed E-state index contributed by atoms with van der Waals surface area (Å²) in [5.41, 5.74) is 0. The first-order chi connectivity index (χ1) is 30.0. The molecule has 0 spiro atoms. The third-order valence-electron chi connectivity index (χ3n) is 8.65. The van der Waals surface area contributed by atoms with Gasteiger partial charge in [-0.25, -0.2) is 0 Å². The van der Waals surface area contributed by atoms with Crippen molar-refractivity contribution in [1.29, 1.82) is 0 Å². The fraction of sp³-hybridized carbons (Fsp3) is 0.473. The summed E-state index contributed by atoms with van der Waals surface area (Å²) in [5, 5.41) is 0. The van der Waals surface area contributed by atoms with Crippen molar-refractivity contribution < 1.29 is 28.6 Å². The fourth-order valence-electron chi connectivity index (χ4n) is 5.29. The van der Waals surface area contributed by atoms with Gasteiger partial charge in [0.2, 0.25) is 0 Å². The summed E-state index contributed by atoms with van der Waals surface area (Å²) >= 11 is 0. The quantitative estimate of drug-likeness (QED) is 0.0203. The number of hydrogen-bond donors (Lipinski definition) is 0. The molecule has 0 aliphatic heterocycles. The minimum Gasteiger partial charge on any atom is -0.462 e. The van der Waals surface area contributed by atoms with Crippen molar-refractivity contribution in [1.82, 2.24) is 0 Å². The molecule has 61 heavy (non-hydrogen) atoms. The van der Waals surface area contributed by atoms with Gasteiger partial charge in [0.15, 0.2) is 6.10 Å². The van der Waals surface area contributed by atoms with Crippen LogP contribution in [0.25, 0.3) is 0 Å². The van der Waals surface area contributed by atoms with E-state index < -0.39 is 6.10 Å². The van der Waals surface area contributed by atoms with Crippen LogP contribution in [0.5, 0.6) is 0 Å². The van der Waals surface area contributed by atoms with Crippen molar-refractivity contribution in [2.45, 2.75) is 155 Å². The Kier molecular flexibility index (Phi) is 43.8. The van der Waals surface area contributed by atoms with E-state index in [1.807, 2.05) is 60.8 Å². The molecular weight excluding hydrogens is 757 g/mol. The predicted octanol–water partition coefficient (Wildman–Crippen LogP) is 15.1. The van der Waals surface area contributed by atoms with Gasteiger partial charge >= 0.3 is 17.9 Å². The lowest BCUT2D eigenvalue weighted by Crippen LogP contribution is -2.30. The number of carbonyl (C=O) groups excluding carboxylic acids is 3. The summed E-state index contributed by atoms with van der Waals surface area (Å²) < 4.78 is 16.6. The topological polar surface area (TPSA) is 78.9 Å². The molecule has 0 aromatic rings. The Morgan fingerprint density at radius 2 is 0.705 bits per heavy atom. The van der Waals surface area contributed by atoms with Gasteiger partial charge in [-0.15, -0.1) is 0 Å². The predicted molar refractivity (Wildman–Crippen MR) is 260 cm³/mol. The van der Waals surface area contributed by atoms with Crippen LogP contribution in [0.3, 0.4) is 0 Å². The van der Waals surface area contributed by atoms with Crippen LogP contribution in [-0.4, -0.2) is 37.2 Å². The Morgan fingerprint density at radius 3 is 1.21 bits per heavy atom. The van der Waals surface area contributed by atoms with Gasteiger partial charge in [-0.3, -0.25) is 14.4 Å². The molecule has 0 saturated carbocycles. The van der Waals surface area contributed by atoms with Gasteiger partial charge < -0.3 is 14.2 Å². The number of ether oxygens (including phenoxy) is 3. The molecule has 336 valence electrons. The highest BCUT2D eigenvalue weighted by molar-refractivity contribution is 5.71. The van der Waals surface area contributed by atoms with Crippen LogP contribution in [0, 0.1) is 0 Å². The summed E-state index contributed by atoms with van der Waals surface area (Å²) in [7, 11) is 0. The molecule has 0 aliphatic rings. The highest BCUT2D eigenvalue weighted by Crippen LogP contribution is 2.09. The zero-order chi connectivity index (χ0) is 44.4. The first kappa shape index (κ1) is 56.0. The summed E-state index contributed by atoms with van der Waals surface area (Å²) in [6, 6.07) is 0. The highest BCUT2D eigenvalue weighted by atomic mass is 16.6. The molecule has 0 fully saturated rings. The molecule has 6 nitrogen and oxygen atoms in total. The number of rotatable bonds is 38. The van der Waals surface area contributed by atoms with Crippen LogP contribution < -0.4 is 0 Å². The number of allylic oxidation sites excluding steroid dienone is 26. The van der Waals surface area contributed by atoms with Crippen molar-refractivity contribution in [3.63, 3.8) is 0 Å². The molecule has 0 amide bonds. The molecule has 1 atom stereocenters. The van der Waals surface area contributed by atoms with Crippen LogP contribution >= 0.6 is 0 Å². The van der Waals surface area contributed by atoms with Crippen LogP contribution in [0.4, 0.5) is 0 Å². The van der Waals surface area contributed by atoms with E-state index in [0.29, 0.717) is 19.3 Å². The Hall–Kier alpha value is -4.97. The minimum absolute atomic E-state index is 0.147. The van der Waals surface area contributed by atoms with Crippen LogP contribution in [0.15, 0.2) is 158 Å². The van der Waals surface area contributed by atoms with E-state index in [-0.39, 0.29) is 50.4 Å². The van der Waals surface area contributed by atoms with Gasteiger partial charge in [0, 0.05) is 19.3 Å². The zero-order valence-corrected chi connectivity index (χ0v) is 38.1. The second-order valence-electron chi connectivity index (χ2n) is 14.3. The maximum Gasteiger partial charge on any atom is 0.306 e. The van der Waals surface area contributed by atoms with Crippen molar-refractivity contribution in [2.75, 3.05) is 13.2 Å². The standard InChI is InChI=1S/C55H80O6/c1-4-7-10-13-16-19-22-25-27-29-30-33-36-39-42-45-48-54(57)60-51-52(50-59-53(56)47-44-41-38-35-32-24-21-18-15-12-9-6-3)61-55(58)49-46-43-40-37-34-31-28-26-23-20-17-14-11-8-5-2/h7-12,14,16-21,23,25-28,30-35,39,42,52H,4-6,13,15,22,24,29,36-38,40-41,43-51H2,1-3H3/b10-7-,11-8-,12-9-,17-14-,19-16-,21-18-,23-20-,27-25-,28-26-,33-30-,34-31-,35-32-,42-39-. The van der Waals surface area contributed by atoms with Gasteiger partial charge in [-0.05, 0) is 103 Å². The second-order valence-corrected chi connectivity index (χ2v) is 14.3. The molecule has 0 heterocycles. The summed E-state index contributed by atoms with van der Waals surface area (Å²) in [4.78, 5) is 37.8. The zero-order valence-electron chi connectivity index (χ0n) is 38.1. The van der Waals surface area contributed by atoms with Crippen LogP contribution in [0.1, 0.15) is 149 Å². The summed E-state index contributed by atoms with van der Waals surface area (Å²) in [6.07, 6.45) is 69.5. The molecule has 0 rings (SSSR count). The molecule has 0 aromatic heterocycles. The third-order valence-corrected chi connectivity index (χ3v) is 8.65. The lowest BCUT2D eigenvalue weighted by molar-refractivity contribution is -0.166. The Bertz CT molecular complexity index is 1470. The highest BCUT2D eigenvalue weighted by Gasteiger charge is 2.19. The third kappa shape index (κ3) is 46.0. The van der Waals surface area contributed by atoms with Crippen molar-refractivity contribution in [2.24, 2.45) is 0 Å². The first-order valence-corrected chi connectivity index (χ1v) is 23.1. The van der Waals surface area contributed by atoms with Gasteiger partial charge in [0.05, 0.1) is 0 Å². The lowest BCUT2D eigenvalue weighted by Gasteiger charge is -2.18. The molecule has 0 N–H and O–H groups in total. The van der Waals surface area contributed by atoms with Gasteiger partial charge in [-0.2, -0.15) is 0 Å². The van der Waals surface area contributed by atoms with Crippen molar-refractivity contribution >= 4 is 17.9 Å². The van der Waals surface area contributed by atoms with E-state index in [9.17, 15) is 14.4 Å². The van der Waals surface area contributed by atoms with Gasteiger partial charge in [0.1, 0.15) is 13.2 Å². The molecule has 0 saturated heterocycles. The molecular formula is C55H80O6. The molecule has 0 aromatic carbocycles. The van der Waals surface area contributed by atoms with E-state index >= 15 is 0 Å². The maximum absolute atomic E-state index is 12.7. The molecule has 0 radical (unpaired) electrons. The monoisotopic (exact) mass is 837 g/mol. The van der Waals surface area contributed by atoms with E-state index in [4.69, 9.17) is 14.2 Å². The van der Waals surface area contributed by atoms with E-state index in [2.05, 4.69) is 118 Å². The molecule has 0 bridgehead atoms. The normalized spacial score (nSPS) is 13.6. The van der Waals surface area contributed by atoms with Gasteiger partial charge in [-0.1, -0.05) is 185 Å². The Balaban J connectivity index is 4.68. The number of carbonyl (C=O) groups is 3. The largest absolute Gasteiger partial charge is 0.462 e. The summed E-state index contributed by atoms with van der Waals surface area (Å²) in [6.45, 7) is 6.08. The molecule has 0 aliphatic carbocycles. The van der Waals surface area contributed by atoms with E-state index in [1.165, 1.54) is 0 Å². The summed E-state index contributed by atoms with van der Waals surface area (Å²) in [5.74, 6) is -1.13. The molecule has 6 heteroatoms. The smallest absolute Gasteiger partial charge is 0.306 e. The Labute approximate surface area is 371 Å². The number of unbranched alkanes of at least 4 members (excludes halogenated alkanes) is 5. The SMILES string of the molecule is CC\C=C/C=C\C=C/C=C\C=C/CCCCCC(=O)OC(COC(=O)CC/C=C\C/C=C\C/C=C\C/C=C\C/C=C\CC)COC(=O)CCCC/C=C\C/C=C\C/C=C\CC. The van der Waals surface area contributed by atoms with E-state index in [1.54, 1.807) is 0 Å². The lowest BCUT2D eigenvalue weighted by atomic mass is 10.1. The first-order valence-electron chi connectivity index (χ1n) is 23.1. The average molecular weight is 837 g/mol. The van der Waals surface area contributed by atoms with Gasteiger partial charge in [0.25, 0.3) is 0 Å². The fourth-order valence-corrected chi connectivity index (χ4v) is 5.29. The Morgan fingerprint density at radius 1 is 0.344 bits per heavy atom.